The monoisotopic (exact) mass is 346 g/mol. The summed E-state index contributed by atoms with van der Waals surface area (Å²) in [4.78, 5) is 10.3. The van der Waals surface area contributed by atoms with Crippen molar-refractivity contribution in [1.29, 1.82) is 0 Å². The van der Waals surface area contributed by atoms with Crippen molar-refractivity contribution in [1.82, 2.24) is 0 Å². The molecule has 122 valence electrons. The van der Waals surface area contributed by atoms with E-state index in [1.54, 1.807) is 0 Å². The van der Waals surface area contributed by atoms with Crippen molar-refractivity contribution in [3.8, 4) is 11.5 Å². The van der Waals surface area contributed by atoms with Crippen molar-refractivity contribution in [2.75, 3.05) is 0 Å². The van der Waals surface area contributed by atoms with Gasteiger partial charge in [0.05, 0.1) is 0 Å². The van der Waals surface area contributed by atoms with Gasteiger partial charge >= 0.3 is 8.60 Å². The predicted octanol–water partition coefficient (Wildman–Crippen LogP) is 5.57. The number of hydrogen-bond donors (Lipinski definition) is 1. The Labute approximate surface area is 146 Å². The molecule has 0 spiro atoms. The summed E-state index contributed by atoms with van der Waals surface area (Å²) in [5.41, 5.74) is 2.17. The summed E-state index contributed by atoms with van der Waals surface area (Å²) in [5, 5.41) is 4.61. The molecule has 5 rings (SSSR count). The van der Waals surface area contributed by atoms with Crippen molar-refractivity contribution < 1.29 is 13.9 Å². The molecule has 3 nitrogen and oxygen atoms in total. The molecule has 25 heavy (non-hydrogen) atoms. The first-order chi connectivity index (χ1) is 12.3. The van der Waals surface area contributed by atoms with Gasteiger partial charge in [0, 0.05) is 17.5 Å². The lowest BCUT2D eigenvalue weighted by Gasteiger charge is -2.23. The zero-order valence-electron chi connectivity index (χ0n) is 13.3. The minimum Gasteiger partial charge on any atom is -0.418 e. The lowest BCUT2D eigenvalue weighted by Crippen LogP contribution is -2.05. The van der Waals surface area contributed by atoms with Crippen LogP contribution in [-0.4, -0.2) is 4.89 Å². The topological polar surface area (TPSA) is 38.7 Å². The van der Waals surface area contributed by atoms with Gasteiger partial charge in [-0.1, -0.05) is 60.7 Å². The van der Waals surface area contributed by atoms with Crippen LogP contribution in [0.4, 0.5) is 0 Å². The van der Waals surface area contributed by atoms with Crippen LogP contribution in [0.25, 0.3) is 21.5 Å². The number of rotatable bonds is 0. The minimum absolute atomic E-state index is 0.686. The maximum Gasteiger partial charge on any atom is 0.460 e. The summed E-state index contributed by atoms with van der Waals surface area (Å²) >= 11 is 0. The molecule has 0 aromatic heterocycles. The molecular weight excluding hydrogens is 331 g/mol. The fourth-order valence-corrected chi connectivity index (χ4v) is 4.25. The van der Waals surface area contributed by atoms with Crippen LogP contribution in [0.15, 0.2) is 72.8 Å². The molecule has 1 heterocycles. The zero-order valence-corrected chi connectivity index (χ0v) is 14.2. The van der Waals surface area contributed by atoms with Crippen LogP contribution in [0, 0.1) is 0 Å². The summed E-state index contributed by atoms with van der Waals surface area (Å²) in [7, 11) is -2.02. The van der Waals surface area contributed by atoms with Crippen LogP contribution in [0.5, 0.6) is 11.5 Å². The van der Waals surface area contributed by atoms with E-state index in [0.717, 1.165) is 32.7 Å². The Balaban J connectivity index is 1.82. The highest BCUT2D eigenvalue weighted by Crippen LogP contribution is 2.46. The van der Waals surface area contributed by atoms with Crippen LogP contribution < -0.4 is 9.05 Å². The molecule has 1 N–H and O–H groups in total. The highest BCUT2D eigenvalue weighted by Gasteiger charge is 2.23. The molecule has 0 saturated carbocycles. The third-order valence-corrected chi connectivity index (χ3v) is 5.41. The Morgan fingerprint density at radius 2 is 1.12 bits per heavy atom. The average molecular weight is 346 g/mol. The van der Waals surface area contributed by atoms with Crippen molar-refractivity contribution >= 4 is 30.1 Å². The van der Waals surface area contributed by atoms with Crippen molar-refractivity contribution in [3.05, 3.63) is 83.9 Å². The predicted molar refractivity (Wildman–Crippen MR) is 101 cm³/mol. The lowest BCUT2D eigenvalue weighted by atomic mass is 9.93. The van der Waals surface area contributed by atoms with Gasteiger partial charge in [0.1, 0.15) is 11.5 Å². The van der Waals surface area contributed by atoms with Gasteiger partial charge in [0.25, 0.3) is 0 Å². The number of fused-ring (bicyclic) bond motifs is 6. The summed E-state index contributed by atoms with van der Waals surface area (Å²) in [6.45, 7) is 0. The molecule has 0 unspecified atom stereocenters. The van der Waals surface area contributed by atoms with Crippen LogP contribution in [-0.2, 0) is 6.42 Å². The van der Waals surface area contributed by atoms with E-state index < -0.39 is 8.60 Å². The van der Waals surface area contributed by atoms with E-state index in [-0.39, 0.29) is 0 Å². The maximum absolute atomic E-state index is 10.3. The zero-order chi connectivity index (χ0) is 16.8. The molecule has 0 bridgehead atoms. The van der Waals surface area contributed by atoms with E-state index in [2.05, 4.69) is 24.3 Å². The number of hydrogen-bond acceptors (Lipinski definition) is 3. The highest BCUT2D eigenvalue weighted by atomic mass is 31.2. The van der Waals surface area contributed by atoms with Gasteiger partial charge in [-0.25, -0.2) is 0 Å². The van der Waals surface area contributed by atoms with Gasteiger partial charge in [-0.15, -0.1) is 0 Å². The van der Waals surface area contributed by atoms with Crippen LogP contribution >= 0.6 is 8.60 Å². The summed E-state index contributed by atoms with van der Waals surface area (Å²) in [6.07, 6.45) is 0.691. The molecule has 0 atom stereocenters. The van der Waals surface area contributed by atoms with Crippen molar-refractivity contribution in [2.45, 2.75) is 6.42 Å². The van der Waals surface area contributed by atoms with Crippen molar-refractivity contribution in [3.63, 3.8) is 0 Å². The molecule has 0 radical (unpaired) electrons. The van der Waals surface area contributed by atoms with Crippen LogP contribution in [0.2, 0.25) is 0 Å². The van der Waals surface area contributed by atoms with E-state index in [9.17, 15) is 4.89 Å². The van der Waals surface area contributed by atoms with Gasteiger partial charge in [-0.3, -0.25) is 0 Å². The molecular formula is C21H15O3P. The third-order valence-electron chi connectivity index (χ3n) is 4.70. The van der Waals surface area contributed by atoms with Gasteiger partial charge in [-0.05, 0) is 33.7 Å². The number of benzene rings is 4. The van der Waals surface area contributed by atoms with Gasteiger partial charge in [-0.2, -0.15) is 0 Å². The van der Waals surface area contributed by atoms with Crippen molar-refractivity contribution in [2.24, 2.45) is 0 Å². The minimum atomic E-state index is -2.02. The fourth-order valence-electron chi connectivity index (χ4n) is 3.53. The van der Waals surface area contributed by atoms with E-state index in [4.69, 9.17) is 9.05 Å². The maximum atomic E-state index is 10.3. The summed E-state index contributed by atoms with van der Waals surface area (Å²) in [6, 6.07) is 24.4. The highest BCUT2D eigenvalue weighted by molar-refractivity contribution is 7.41. The normalized spacial score (nSPS) is 14.1. The van der Waals surface area contributed by atoms with E-state index >= 15 is 0 Å². The Morgan fingerprint density at radius 3 is 1.64 bits per heavy atom. The molecule has 1 aliphatic heterocycles. The quantitative estimate of drug-likeness (QED) is 0.423. The molecule has 4 heteroatoms. The summed E-state index contributed by atoms with van der Waals surface area (Å²) < 4.78 is 11.4. The Morgan fingerprint density at radius 1 is 0.640 bits per heavy atom. The summed E-state index contributed by atoms with van der Waals surface area (Å²) in [5.74, 6) is 1.37. The standard InChI is InChI=1S/C21H15O3P/c22-25-23-20-11-9-14-5-1-3-7-16(14)18(20)13-19-17-8-4-2-6-15(17)10-12-21(19)24-25/h1-12,22H,13H2. The van der Waals surface area contributed by atoms with E-state index in [0.29, 0.717) is 17.9 Å². The molecule has 1 aliphatic rings. The average Bonchev–Trinajstić information content (AvgIpc) is 2.63. The second-order valence-electron chi connectivity index (χ2n) is 6.12. The smallest absolute Gasteiger partial charge is 0.418 e. The van der Waals surface area contributed by atoms with Gasteiger partial charge < -0.3 is 13.9 Å². The first kappa shape index (κ1) is 14.7. The van der Waals surface area contributed by atoms with Gasteiger partial charge in [0.2, 0.25) is 0 Å². The second kappa shape index (κ2) is 5.73. The van der Waals surface area contributed by atoms with E-state index in [1.807, 2.05) is 48.5 Å². The molecule has 4 aromatic rings. The first-order valence-corrected chi connectivity index (χ1v) is 9.29. The molecule has 4 aromatic carbocycles. The fraction of sp³-hybridized carbons (Fsp3) is 0.0476. The van der Waals surface area contributed by atoms with Crippen LogP contribution in [0.1, 0.15) is 11.1 Å². The molecule has 0 amide bonds. The van der Waals surface area contributed by atoms with E-state index in [1.165, 1.54) is 0 Å². The first-order valence-electron chi connectivity index (χ1n) is 8.16. The Bertz CT molecular complexity index is 1020. The Hall–Kier alpha value is -2.61. The largest absolute Gasteiger partial charge is 0.460 e. The SMILES string of the molecule is OP1Oc2ccc3ccccc3c2Cc2c(ccc3ccccc23)O1. The molecule has 0 fully saturated rings. The Kier molecular flexibility index (Phi) is 3.37. The second-order valence-corrected chi connectivity index (χ2v) is 6.96. The molecule has 0 saturated heterocycles. The van der Waals surface area contributed by atoms with Gasteiger partial charge in [0.15, 0.2) is 0 Å². The van der Waals surface area contributed by atoms with Crippen LogP contribution in [0.3, 0.4) is 0 Å². The molecule has 0 aliphatic carbocycles. The lowest BCUT2D eigenvalue weighted by molar-refractivity contribution is 0.376. The third kappa shape index (κ3) is 2.44.